The standard InChI is InChI=1S/C59H78F2N10O8S/c1-8-70-46-28-42(60)39-27-38(46)41(51(70)40-26-37(68-22-24-78-25-23-68)31-62-48(40)34(2)77-7)30-58(3,4)33-79-56(75)43-14-11-19-71(65-43)54(73)44(29-47-63-45(39)32-80-47)64-53(72)50(35-12-9-10-13-35)67(6)57(76)59(61)17-20-69(21-18-59)55(74)52-49(66(52)5)36-15-16-36/h26-28,31-32,34-36,43-44,49-50,52,65H,8-25,29-30,33H2,1-7H3,(H,64,72)/t34-,43-,44-,49+,50-,52+,66?/m0/s1. The molecule has 7 atom stereocenters. The van der Waals surface area contributed by atoms with Crippen LogP contribution in [0.5, 0.6) is 0 Å². The van der Waals surface area contributed by atoms with Crippen LogP contribution in [0.15, 0.2) is 29.8 Å². The van der Waals surface area contributed by atoms with Crippen LogP contribution in [0.3, 0.4) is 0 Å². The number of cyclic esters (lactones) is 1. The van der Waals surface area contributed by atoms with Crippen molar-refractivity contribution in [3.05, 3.63) is 51.9 Å². The Morgan fingerprint density at radius 3 is 2.44 bits per heavy atom. The van der Waals surface area contributed by atoms with Crippen molar-refractivity contribution in [3.8, 4) is 22.5 Å². The van der Waals surface area contributed by atoms with Gasteiger partial charge in [0.25, 0.3) is 11.8 Å². The molecule has 8 heterocycles. The number of ether oxygens (including phenoxy) is 3. The summed E-state index contributed by atoms with van der Waals surface area (Å²) in [5, 5.41) is 7.37. The van der Waals surface area contributed by atoms with Crippen molar-refractivity contribution >= 4 is 57.5 Å². The van der Waals surface area contributed by atoms with Crippen LogP contribution < -0.4 is 15.6 Å². The third kappa shape index (κ3) is 11.0. The van der Waals surface area contributed by atoms with Gasteiger partial charge in [-0.05, 0) is 101 Å². The predicted octanol–water partition coefficient (Wildman–Crippen LogP) is 6.62. The zero-order valence-electron chi connectivity index (χ0n) is 47.4. The summed E-state index contributed by atoms with van der Waals surface area (Å²) in [6.07, 6.45) is 7.44. The molecule has 4 amide bonds. The Balaban J connectivity index is 0.926. The molecule has 432 valence electrons. The third-order valence-corrected chi connectivity index (χ3v) is 19.1. The van der Waals surface area contributed by atoms with Gasteiger partial charge in [-0.15, -0.1) is 11.3 Å². The number of methoxy groups -OCH3 is 1. The number of alkyl halides is 1. The summed E-state index contributed by atoms with van der Waals surface area (Å²) in [7, 11) is 5.08. The number of nitrogens with zero attached hydrogens (tertiary/aromatic N) is 8. The highest BCUT2D eigenvalue weighted by atomic mass is 32.1. The highest BCUT2D eigenvalue weighted by Crippen LogP contribution is 2.47. The van der Waals surface area contributed by atoms with Gasteiger partial charge in [0.15, 0.2) is 5.67 Å². The lowest BCUT2D eigenvalue weighted by Gasteiger charge is -2.40. The fraction of sp³-hybridized carbons (Fsp3) is 0.644. The van der Waals surface area contributed by atoms with Crippen molar-refractivity contribution in [3.63, 3.8) is 0 Å². The molecule has 1 aromatic carbocycles. The Bertz CT molecular complexity index is 3020. The van der Waals surface area contributed by atoms with E-state index in [-0.39, 0.29) is 75.0 Å². The number of amides is 4. The van der Waals surface area contributed by atoms with Crippen LogP contribution in [0.25, 0.3) is 33.4 Å². The number of likely N-dealkylation sites (tertiary alicyclic amines) is 1. The molecule has 2 aliphatic carbocycles. The van der Waals surface area contributed by atoms with Gasteiger partial charge in [-0.25, -0.2) is 19.2 Å². The lowest BCUT2D eigenvalue weighted by atomic mass is 9.84. The molecule has 4 saturated heterocycles. The van der Waals surface area contributed by atoms with Crippen molar-refractivity contribution in [2.75, 3.05) is 78.6 Å². The number of hydrazine groups is 1. The largest absolute Gasteiger partial charge is 0.464 e. The molecule has 18 nitrogen and oxygen atoms in total. The fourth-order valence-electron chi connectivity index (χ4n) is 13.5. The van der Waals surface area contributed by atoms with E-state index in [1.807, 2.05) is 47.0 Å². The Morgan fingerprint density at radius 1 is 1.00 bits per heavy atom. The average molecular weight is 1130 g/mol. The summed E-state index contributed by atoms with van der Waals surface area (Å²) in [4.78, 5) is 89.5. The number of carbonyl (C=O) groups excluding carboxylic acids is 5. The molecule has 0 spiro atoms. The van der Waals surface area contributed by atoms with Crippen LogP contribution in [-0.4, -0.2) is 173 Å². The minimum Gasteiger partial charge on any atom is -0.464 e. The summed E-state index contributed by atoms with van der Waals surface area (Å²) < 4.78 is 54.1. The maximum atomic E-state index is 17.1. The van der Waals surface area contributed by atoms with Crippen molar-refractivity contribution in [1.82, 2.24) is 45.0 Å². The number of likely N-dealkylation sites (N-methyl/N-ethyl adjacent to an activating group) is 2. The maximum Gasteiger partial charge on any atom is 0.324 e. The monoisotopic (exact) mass is 1120 g/mol. The first kappa shape index (κ1) is 56.3. The second-order valence-electron chi connectivity index (χ2n) is 24.3. The van der Waals surface area contributed by atoms with Crippen LogP contribution in [-0.2, 0) is 57.6 Å². The number of hydrogen-bond acceptors (Lipinski definition) is 14. The van der Waals surface area contributed by atoms with E-state index in [4.69, 9.17) is 24.2 Å². The zero-order chi connectivity index (χ0) is 56.4. The van der Waals surface area contributed by atoms with E-state index in [0.717, 1.165) is 59.3 Å². The number of morpholine rings is 1. The number of nitrogens with one attached hydrogen (secondary N) is 2. The molecule has 80 heavy (non-hydrogen) atoms. The van der Waals surface area contributed by atoms with E-state index in [1.54, 1.807) is 23.5 Å². The zero-order valence-corrected chi connectivity index (χ0v) is 48.2. The minimum atomic E-state index is -2.30. The van der Waals surface area contributed by atoms with Crippen LogP contribution >= 0.6 is 11.3 Å². The average Bonchev–Trinajstić information content (AvgIpc) is 4.35. The Morgan fingerprint density at radius 2 is 1.74 bits per heavy atom. The number of hydrogen-bond donors (Lipinski definition) is 2. The molecule has 6 bridgehead atoms. The fourth-order valence-corrected chi connectivity index (χ4v) is 14.4. The number of piperidine rings is 1. The number of thiazole rings is 1. The number of aryl methyl sites for hydroxylation is 1. The first-order valence-electron chi connectivity index (χ1n) is 29.0. The minimum absolute atomic E-state index is 0.0179. The molecule has 11 rings (SSSR count). The molecule has 1 unspecified atom stereocenters. The number of anilines is 1. The summed E-state index contributed by atoms with van der Waals surface area (Å²) in [5.41, 5.74) is 5.74. The van der Waals surface area contributed by atoms with Gasteiger partial charge >= 0.3 is 5.97 Å². The topological polar surface area (TPSA) is 184 Å². The van der Waals surface area contributed by atoms with E-state index in [2.05, 4.69) is 31.2 Å². The third-order valence-electron chi connectivity index (χ3n) is 18.3. The molecule has 4 aromatic rings. The number of pyridine rings is 1. The first-order chi connectivity index (χ1) is 38.4. The van der Waals surface area contributed by atoms with E-state index in [9.17, 15) is 19.2 Å². The second kappa shape index (κ2) is 22.6. The molecule has 5 aliphatic heterocycles. The number of benzene rings is 1. The molecule has 6 fully saturated rings. The van der Waals surface area contributed by atoms with Crippen molar-refractivity contribution in [2.45, 2.75) is 153 Å². The van der Waals surface area contributed by atoms with Crippen LogP contribution in [0, 0.1) is 23.1 Å². The number of carbonyl (C=O) groups is 5. The van der Waals surface area contributed by atoms with Gasteiger partial charge in [-0.3, -0.25) is 38.9 Å². The summed E-state index contributed by atoms with van der Waals surface area (Å²) in [5.74, 6) is -2.76. The summed E-state index contributed by atoms with van der Waals surface area (Å²) in [6.45, 7) is 11.6. The Labute approximate surface area is 471 Å². The van der Waals surface area contributed by atoms with Crippen molar-refractivity contribution in [1.29, 1.82) is 0 Å². The lowest BCUT2D eigenvalue weighted by molar-refractivity contribution is -0.156. The summed E-state index contributed by atoms with van der Waals surface area (Å²) in [6, 6.07) is 2.35. The molecule has 3 aromatic heterocycles. The summed E-state index contributed by atoms with van der Waals surface area (Å²) >= 11 is 1.24. The lowest BCUT2D eigenvalue weighted by Crippen LogP contribution is -2.63. The maximum absolute atomic E-state index is 17.1. The van der Waals surface area contributed by atoms with Gasteiger partial charge in [-0.2, -0.15) is 0 Å². The first-order valence-corrected chi connectivity index (χ1v) is 29.9. The van der Waals surface area contributed by atoms with E-state index in [1.165, 1.54) is 28.3 Å². The van der Waals surface area contributed by atoms with Crippen LogP contribution in [0.4, 0.5) is 14.5 Å². The van der Waals surface area contributed by atoms with Gasteiger partial charge in [0.05, 0.1) is 65.4 Å². The molecule has 21 heteroatoms. The molecule has 0 radical (unpaired) electrons. The number of fused-ring (bicyclic) bond motifs is 6. The SMILES string of the molecule is CCn1c(-c2cc(N3CCOCC3)cnc2[C@H](C)OC)c2c3cc(c(F)cc31)-c1csc(n1)C[C@H](NC(=O)[C@H](C1CCCC1)N(C)C(=O)C1(F)CCN(C(=O)[C@H]3[C@@H](C4CC4)N3C)CC1)C(=O)N1CCC[C@H](N1)C(=O)OCC(C)(C)C2. The molecule has 2 saturated carbocycles. The van der Waals surface area contributed by atoms with E-state index >= 15 is 13.6 Å². The highest BCUT2D eigenvalue weighted by molar-refractivity contribution is 7.10. The molecule has 2 N–H and O–H groups in total. The Hall–Kier alpha value is -5.61. The van der Waals surface area contributed by atoms with Crippen molar-refractivity contribution in [2.24, 2.45) is 17.3 Å². The Kier molecular flexibility index (Phi) is 15.9. The molecular formula is C59H78F2N10O8S. The van der Waals surface area contributed by atoms with E-state index < -0.39 is 64.8 Å². The smallest absolute Gasteiger partial charge is 0.324 e. The quantitative estimate of drug-likeness (QED) is 0.114. The predicted molar refractivity (Wildman–Crippen MR) is 299 cm³/mol. The number of aromatic nitrogens is 3. The van der Waals surface area contributed by atoms with Gasteiger partial charge in [0, 0.05) is 106 Å². The van der Waals surface area contributed by atoms with Crippen LogP contribution in [0.1, 0.15) is 114 Å². The molecular weight excluding hydrogens is 1050 g/mol. The van der Waals surface area contributed by atoms with Gasteiger partial charge < -0.3 is 38.8 Å². The normalized spacial score (nSPS) is 26.2. The second-order valence-corrected chi connectivity index (χ2v) is 25.3. The molecule has 7 aliphatic rings. The number of rotatable bonds is 12. The highest BCUT2D eigenvalue weighted by Gasteiger charge is 2.58. The number of halogens is 2. The van der Waals surface area contributed by atoms with Gasteiger partial charge in [0.1, 0.15) is 30.0 Å². The number of esters is 1. The van der Waals surface area contributed by atoms with Gasteiger partial charge in [-0.1, -0.05) is 26.7 Å². The van der Waals surface area contributed by atoms with Crippen molar-refractivity contribution < 1.29 is 47.0 Å². The van der Waals surface area contributed by atoms with Gasteiger partial charge in [0.2, 0.25) is 11.8 Å². The van der Waals surface area contributed by atoms with E-state index in [0.29, 0.717) is 87.1 Å². The van der Waals surface area contributed by atoms with Crippen LogP contribution in [0.2, 0.25) is 0 Å².